The van der Waals surface area contributed by atoms with Crippen LogP contribution in [0.3, 0.4) is 0 Å². The Balaban J connectivity index is 2.40. The highest BCUT2D eigenvalue weighted by molar-refractivity contribution is 6.18. The minimum atomic E-state index is -0.258. The lowest BCUT2D eigenvalue weighted by atomic mass is 10.2. The van der Waals surface area contributed by atoms with Gasteiger partial charge in [-0.1, -0.05) is 0 Å². The van der Waals surface area contributed by atoms with Gasteiger partial charge < -0.3 is 9.64 Å². The average Bonchev–Trinajstić information content (AvgIpc) is 2.60. The van der Waals surface area contributed by atoms with E-state index in [9.17, 15) is 4.79 Å². The number of halogens is 1. The van der Waals surface area contributed by atoms with Crippen molar-refractivity contribution in [2.75, 3.05) is 19.0 Å². The molecule has 1 aliphatic rings. The highest BCUT2D eigenvalue weighted by Crippen LogP contribution is 2.19. The van der Waals surface area contributed by atoms with Crippen molar-refractivity contribution in [3.8, 4) is 0 Å². The molecule has 0 aromatic carbocycles. The molecule has 1 fully saturated rings. The minimum absolute atomic E-state index is 0.0630. The van der Waals surface area contributed by atoms with Crippen molar-refractivity contribution in [3.63, 3.8) is 0 Å². The summed E-state index contributed by atoms with van der Waals surface area (Å²) < 4.78 is 5.46. The normalized spacial score (nSPS) is 22.1. The summed E-state index contributed by atoms with van der Waals surface area (Å²) >= 11 is 5.80. The Morgan fingerprint density at radius 1 is 1.53 bits per heavy atom. The van der Waals surface area contributed by atoms with E-state index in [1.807, 2.05) is 25.7 Å². The molecular weight excluding hydrogens is 214 g/mol. The van der Waals surface area contributed by atoms with E-state index >= 15 is 0 Å². The van der Waals surface area contributed by atoms with Crippen molar-refractivity contribution in [3.05, 3.63) is 0 Å². The second kappa shape index (κ2) is 5.17. The Kier molecular flexibility index (Phi) is 4.41. The van der Waals surface area contributed by atoms with Gasteiger partial charge in [-0.15, -0.1) is 11.6 Å². The fourth-order valence-electron chi connectivity index (χ4n) is 1.69. The zero-order valence-electron chi connectivity index (χ0n) is 9.75. The number of carbonyl (C=O) groups excluding carboxylic acids is 1. The van der Waals surface area contributed by atoms with E-state index in [0.29, 0.717) is 5.88 Å². The van der Waals surface area contributed by atoms with E-state index in [4.69, 9.17) is 16.3 Å². The number of nitrogens with zero attached hydrogens (tertiary/aromatic N) is 1. The van der Waals surface area contributed by atoms with Crippen molar-refractivity contribution in [2.24, 2.45) is 0 Å². The first-order valence-electron chi connectivity index (χ1n) is 5.43. The Labute approximate surface area is 96.7 Å². The monoisotopic (exact) mass is 233 g/mol. The summed E-state index contributed by atoms with van der Waals surface area (Å²) in [6, 6.07) is 0.211. The van der Waals surface area contributed by atoms with Crippen molar-refractivity contribution >= 4 is 17.5 Å². The standard InChI is InChI=1S/C11H20ClNO2/c1-11(2,3)15-8-10(14)13-6-4-5-9(13)7-12/h9H,4-8H2,1-3H3. The summed E-state index contributed by atoms with van der Waals surface area (Å²) in [4.78, 5) is 13.6. The summed E-state index contributed by atoms with van der Waals surface area (Å²) in [5.41, 5.74) is -0.258. The topological polar surface area (TPSA) is 29.5 Å². The summed E-state index contributed by atoms with van der Waals surface area (Å²) in [6.45, 7) is 6.83. The first-order chi connectivity index (χ1) is 6.94. The van der Waals surface area contributed by atoms with Gasteiger partial charge >= 0.3 is 0 Å². The smallest absolute Gasteiger partial charge is 0.248 e. The maximum atomic E-state index is 11.8. The molecule has 1 atom stereocenters. The second-order valence-electron chi connectivity index (χ2n) is 4.94. The van der Waals surface area contributed by atoms with Crippen molar-refractivity contribution in [2.45, 2.75) is 45.3 Å². The van der Waals surface area contributed by atoms with Crippen LogP contribution in [-0.2, 0) is 9.53 Å². The van der Waals surface area contributed by atoms with Gasteiger partial charge in [0.05, 0.1) is 5.60 Å². The summed E-state index contributed by atoms with van der Waals surface area (Å²) in [5, 5.41) is 0. The van der Waals surface area contributed by atoms with Gasteiger partial charge in [0.25, 0.3) is 0 Å². The first-order valence-corrected chi connectivity index (χ1v) is 5.97. The molecular formula is C11H20ClNO2. The molecule has 88 valence electrons. The second-order valence-corrected chi connectivity index (χ2v) is 5.25. The van der Waals surface area contributed by atoms with E-state index in [-0.39, 0.29) is 24.2 Å². The van der Waals surface area contributed by atoms with Crippen molar-refractivity contribution < 1.29 is 9.53 Å². The number of ether oxygens (including phenoxy) is 1. The van der Waals surface area contributed by atoms with E-state index in [1.54, 1.807) is 0 Å². The third kappa shape index (κ3) is 3.99. The van der Waals surface area contributed by atoms with Crippen LogP contribution in [-0.4, -0.2) is 41.5 Å². The highest BCUT2D eigenvalue weighted by Gasteiger charge is 2.28. The van der Waals surface area contributed by atoms with Gasteiger partial charge in [-0.25, -0.2) is 0 Å². The third-order valence-electron chi connectivity index (χ3n) is 2.50. The maximum Gasteiger partial charge on any atom is 0.248 e. The predicted molar refractivity (Wildman–Crippen MR) is 61.2 cm³/mol. The SMILES string of the molecule is CC(C)(C)OCC(=O)N1CCCC1CCl. The fraction of sp³-hybridized carbons (Fsp3) is 0.909. The van der Waals surface area contributed by atoms with E-state index in [1.165, 1.54) is 0 Å². The van der Waals surface area contributed by atoms with Gasteiger partial charge in [-0.2, -0.15) is 0 Å². The van der Waals surface area contributed by atoms with Crippen LogP contribution in [0.1, 0.15) is 33.6 Å². The number of rotatable bonds is 3. The minimum Gasteiger partial charge on any atom is -0.366 e. The van der Waals surface area contributed by atoms with Crippen LogP contribution < -0.4 is 0 Å². The summed E-state index contributed by atoms with van der Waals surface area (Å²) in [6.07, 6.45) is 2.07. The molecule has 0 bridgehead atoms. The molecule has 1 heterocycles. The van der Waals surface area contributed by atoms with Crippen molar-refractivity contribution in [1.82, 2.24) is 4.90 Å². The number of likely N-dealkylation sites (tertiary alicyclic amines) is 1. The van der Waals surface area contributed by atoms with Crippen LogP contribution in [0.15, 0.2) is 0 Å². The van der Waals surface area contributed by atoms with Gasteiger partial charge in [0.2, 0.25) is 5.91 Å². The molecule has 0 radical (unpaired) electrons. The largest absolute Gasteiger partial charge is 0.366 e. The van der Waals surface area contributed by atoms with Gasteiger partial charge in [0.15, 0.2) is 0 Å². The third-order valence-corrected chi connectivity index (χ3v) is 2.86. The molecule has 15 heavy (non-hydrogen) atoms. The highest BCUT2D eigenvalue weighted by atomic mass is 35.5. The lowest BCUT2D eigenvalue weighted by Gasteiger charge is -2.25. The Morgan fingerprint density at radius 2 is 2.20 bits per heavy atom. The van der Waals surface area contributed by atoms with Crippen molar-refractivity contribution in [1.29, 1.82) is 0 Å². The van der Waals surface area contributed by atoms with Crippen LogP contribution >= 0.6 is 11.6 Å². The molecule has 1 amide bonds. The molecule has 1 unspecified atom stereocenters. The number of carbonyl (C=O) groups is 1. The maximum absolute atomic E-state index is 11.8. The van der Waals surface area contributed by atoms with Crippen LogP contribution in [0.25, 0.3) is 0 Å². The van der Waals surface area contributed by atoms with Gasteiger partial charge in [-0.3, -0.25) is 4.79 Å². The van der Waals surface area contributed by atoms with Crippen LogP contribution in [0, 0.1) is 0 Å². The molecule has 0 spiro atoms. The summed E-state index contributed by atoms with van der Waals surface area (Å²) in [5.74, 6) is 0.592. The van der Waals surface area contributed by atoms with Gasteiger partial charge in [-0.05, 0) is 33.6 Å². The number of hydrogen-bond donors (Lipinski definition) is 0. The molecule has 3 nitrogen and oxygen atoms in total. The molecule has 0 saturated carbocycles. The molecule has 0 aromatic heterocycles. The molecule has 1 aliphatic heterocycles. The molecule has 1 rings (SSSR count). The van der Waals surface area contributed by atoms with E-state index < -0.39 is 0 Å². The zero-order valence-corrected chi connectivity index (χ0v) is 10.5. The lowest BCUT2D eigenvalue weighted by Crippen LogP contribution is -2.40. The molecule has 0 N–H and O–H groups in total. The van der Waals surface area contributed by atoms with Crippen LogP contribution in [0.2, 0.25) is 0 Å². The van der Waals surface area contributed by atoms with E-state index in [0.717, 1.165) is 19.4 Å². The first kappa shape index (κ1) is 12.8. The molecule has 4 heteroatoms. The number of hydrogen-bond acceptors (Lipinski definition) is 2. The van der Waals surface area contributed by atoms with E-state index in [2.05, 4.69) is 0 Å². The zero-order chi connectivity index (χ0) is 11.5. The quantitative estimate of drug-likeness (QED) is 0.699. The Hall–Kier alpha value is -0.280. The van der Waals surface area contributed by atoms with Gasteiger partial charge in [0, 0.05) is 18.5 Å². The molecule has 0 aromatic rings. The van der Waals surface area contributed by atoms with Gasteiger partial charge in [0.1, 0.15) is 6.61 Å². The number of alkyl halides is 1. The number of amides is 1. The fourth-order valence-corrected chi connectivity index (χ4v) is 2.01. The Morgan fingerprint density at radius 3 is 2.73 bits per heavy atom. The molecule has 1 saturated heterocycles. The predicted octanol–water partition coefficient (Wildman–Crippen LogP) is 2.03. The van der Waals surface area contributed by atoms with Crippen LogP contribution in [0.4, 0.5) is 0 Å². The Bertz CT molecular complexity index is 225. The molecule has 0 aliphatic carbocycles. The lowest BCUT2D eigenvalue weighted by molar-refractivity contribution is -0.141. The average molecular weight is 234 g/mol. The summed E-state index contributed by atoms with van der Waals surface area (Å²) in [7, 11) is 0. The van der Waals surface area contributed by atoms with Crippen LogP contribution in [0.5, 0.6) is 0 Å².